The first-order valence-electron chi connectivity index (χ1n) is 9.83. The van der Waals surface area contributed by atoms with E-state index < -0.39 is 12.1 Å². The van der Waals surface area contributed by atoms with E-state index in [1.807, 2.05) is 80.6 Å². The van der Waals surface area contributed by atoms with Crippen LogP contribution in [0.15, 0.2) is 66.7 Å². The summed E-state index contributed by atoms with van der Waals surface area (Å²) in [5, 5.41) is 5.74. The number of nitrogens with zero attached hydrogens (tertiary/aromatic N) is 1. The molecule has 1 aliphatic heterocycles. The Morgan fingerprint density at radius 1 is 1.07 bits per heavy atom. The molecule has 1 aromatic heterocycles. The van der Waals surface area contributed by atoms with Crippen LogP contribution in [0.1, 0.15) is 22.9 Å². The molecular formula is C24H23N3O3. The molecule has 2 amide bonds. The first-order chi connectivity index (χ1) is 14.5. The highest BCUT2D eigenvalue weighted by Crippen LogP contribution is 2.28. The number of rotatable bonds is 4. The van der Waals surface area contributed by atoms with Crippen LogP contribution in [0.2, 0.25) is 0 Å². The lowest BCUT2D eigenvalue weighted by Crippen LogP contribution is -2.50. The lowest BCUT2D eigenvalue weighted by Gasteiger charge is -2.31. The minimum Gasteiger partial charge on any atom is -0.356 e. The van der Waals surface area contributed by atoms with Crippen molar-refractivity contribution in [2.24, 2.45) is 0 Å². The van der Waals surface area contributed by atoms with Crippen molar-refractivity contribution >= 4 is 17.6 Å². The van der Waals surface area contributed by atoms with E-state index in [9.17, 15) is 9.59 Å². The fourth-order valence-electron chi connectivity index (χ4n) is 3.61. The van der Waals surface area contributed by atoms with Gasteiger partial charge in [-0.3, -0.25) is 9.59 Å². The van der Waals surface area contributed by atoms with Crippen LogP contribution in [0.5, 0.6) is 0 Å². The average Bonchev–Trinajstić information content (AvgIpc) is 2.77. The number of morpholine rings is 1. The molecule has 2 heterocycles. The lowest BCUT2D eigenvalue weighted by atomic mass is 9.98. The van der Waals surface area contributed by atoms with E-state index >= 15 is 0 Å². The van der Waals surface area contributed by atoms with Crippen molar-refractivity contribution in [1.82, 2.24) is 10.3 Å². The Balaban J connectivity index is 1.61. The van der Waals surface area contributed by atoms with E-state index in [0.717, 1.165) is 27.9 Å². The van der Waals surface area contributed by atoms with Crippen LogP contribution in [-0.4, -0.2) is 29.5 Å². The molecule has 6 nitrogen and oxygen atoms in total. The second kappa shape index (κ2) is 8.47. The number of anilines is 1. The van der Waals surface area contributed by atoms with Crippen LogP contribution >= 0.6 is 0 Å². The number of hydrogen-bond donors (Lipinski definition) is 2. The Hall–Kier alpha value is -3.51. The standard InChI is InChI=1S/C24H23N3O3/c1-15-16(2)25-20(13-19(15)17-9-5-3-6-10-17)26-24(29)23-22(27-21(28)14-30-23)18-11-7-4-8-12-18/h3-13,22-23H,14H2,1-2H3,(H,27,28)(H,25,26,29)/t22-,23+/m1/s1. The molecule has 1 fully saturated rings. The number of hydrogen-bond acceptors (Lipinski definition) is 4. The summed E-state index contributed by atoms with van der Waals surface area (Å²) in [6.07, 6.45) is -0.853. The summed E-state index contributed by atoms with van der Waals surface area (Å²) in [4.78, 5) is 29.5. The number of amides is 2. The minimum atomic E-state index is -0.853. The number of ether oxygens (including phenoxy) is 1. The summed E-state index contributed by atoms with van der Waals surface area (Å²) >= 11 is 0. The number of aryl methyl sites for hydroxylation is 1. The maximum atomic E-state index is 13.1. The second-order valence-electron chi connectivity index (χ2n) is 7.31. The molecule has 2 aromatic carbocycles. The topological polar surface area (TPSA) is 80.3 Å². The summed E-state index contributed by atoms with van der Waals surface area (Å²) in [6, 6.07) is 20.6. The van der Waals surface area contributed by atoms with Crippen LogP contribution in [-0.2, 0) is 14.3 Å². The van der Waals surface area contributed by atoms with Gasteiger partial charge >= 0.3 is 0 Å². The van der Waals surface area contributed by atoms with E-state index in [2.05, 4.69) is 15.6 Å². The summed E-state index contributed by atoms with van der Waals surface area (Å²) in [6.45, 7) is 3.78. The monoisotopic (exact) mass is 401 g/mol. The Morgan fingerprint density at radius 2 is 1.73 bits per heavy atom. The molecule has 0 spiro atoms. The fraction of sp³-hybridized carbons (Fsp3) is 0.208. The quantitative estimate of drug-likeness (QED) is 0.701. The van der Waals surface area contributed by atoms with E-state index in [4.69, 9.17) is 4.74 Å². The zero-order chi connectivity index (χ0) is 21.1. The first kappa shape index (κ1) is 19.8. The van der Waals surface area contributed by atoms with Crippen LogP contribution in [0, 0.1) is 13.8 Å². The van der Waals surface area contributed by atoms with Gasteiger partial charge in [0, 0.05) is 5.69 Å². The first-order valence-corrected chi connectivity index (χ1v) is 9.83. The molecule has 152 valence electrons. The molecule has 0 bridgehead atoms. The maximum absolute atomic E-state index is 13.1. The van der Waals surface area contributed by atoms with Crippen molar-refractivity contribution in [2.45, 2.75) is 26.0 Å². The van der Waals surface area contributed by atoms with Gasteiger partial charge in [-0.2, -0.15) is 0 Å². The molecule has 0 aliphatic carbocycles. The van der Waals surface area contributed by atoms with Gasteiger partial charge in [0.05, 0.1) is 6.04 Å². The molecule has 0 saturated carbocycles. The van der Waals surface area contributed by atoms with Gasteiger partial charge < -0.3 is 15.4 Å². The van der Waals surface area contributed by atoms with Gasteiger partial charge in [0.2, 0.25) is 5.91 Å². The molecule has 6 heteroatoms. The van der Waals surface area contributed by atoms with Crippen LogP contribution in [0.4, 0.5) is 5.82 Å². The fourth-order valence-corrected chi connectivity index (χ4v) is 3.61. The SMILES string of the molecule is Cc1nc(NC(=O)[C@H]2OCC(=O)N[C@@H]2c2ccccc2)cc(-c2ccccc2)c1C. The smallest absolute Gasteiger partial charge is 0.257 e. The number of benzene rings is 2. The highest BCUT2D eigenvalue weighted by molar-refractivity contribution is 5.96. The van der Waals surface area contributed by atoms with Crippen molar-refractivity contribution in [1.29, 1.82) is 0 Å². The minimum absolute atomic E-state index is 0.156. The van der Waals surface area contributed by atoms with E-state index in [1.165, 1.54) is 0 Å². The summed E-state index contributed by atoms with van der Waals surface area (Å²) in [5.41, 5.74) is 4.77. The van der Waals surface area contributed by atoms with Gasteiger partial charge in [-0.05, 0) is 42.2 Å². The normalized spacial score (nSPS) is 18.5. The van der Waals surface area contributed by atoms with Crippen molar-refractivity contribution < 1.29 is 14.3 Å². The van der Waals surface area contributed by atoms with Gasteiger partial charge in [-0.1, -0.05) is 60.7 Å². The van der Waals surface area contributed by atoms with Crippen molar-refractivity contribution in [3.63, 3.8) is 0 Å². The summed E-state index contributed by atoms with van der Waals surface area (Å²) in [7, 11) is 0. The molecule has 30 heavy (non-hydrogen) atoms. The van der Waals surface area contributed by atoms with E-state index in [-0.39, 0.29) is 18.4 Å². The van der Waals surface area contributed by atoms with Gasteiger partial charge in [0.15, 0.2) is 6.10 Å². The number of nitrogens with one attached hydrogen (secondary N) is 2. The third kappa shape index (κ3) is 4.09. The van der Waals surface area contributed by atoms with Crippen molar-refractivity contribution in [3.8, 4) is 11.1 Å². The highest BCUT2D eigenvalue weighted by Gasteiger charge is 2.36. The van der Waals surface area contributed by atoms with E-state index in [0.29, 0.717) is 5.82 Å². The zero-order valence-electron chi connectivity index (χ0n) is 16.9. The Labute approximate surface area is 175 Å². The third-order valence-electron chi connectivity index (χ3n) is 5.28. The molecule has 4 rings (SSSR count). The molecule has 3 aromatic rings. The van der Waals surface area contributed by atoms with E-state index in [1.54, 1.807) is 0 Å². The van der Waals surface area contributed by atoms with Crippen molar-refractivity contribution in [3.05, 3.63) is 83.6 Å². The van der Waals surface area contributed by atoms with Gasteiger partial charge in [0.1, 0.15) is 12.4 Å². The number of aromatic nitrogens is 1. The Kier molecular flexibility index (Phi) is 5.59. The van der Waals surface area contributed by atoms with Gasteiger partial charge in [-0.15, -0.1) is 0 Å². The molecule has 1 aliphatic rings. The molecule has 2 N–H and O–H groups in total. The molecule has 2 atom stereocenters. The van der Waals surface area contributed by atoms with Gasteiger partial charge in [-0.25, -0.2) is 4.98 Å². The predicted octanol–water partition coefficient (Wildman–Crippen LogP) is 3.56. The number of carbonyl (C=O) groups excluding carboxylic acids is 2. The molecule has 1 saturated heterocycles. The number of pyridine rings is 1. The zero-order valence-corrected chi connectivity index (χ0v) is 16.9. The average molecular weight is 401 g/mol. The van der Waals surface area contributed by atoms with Crippen LogP contribution < -0.4 is 10.6 Å². The molecular weight excluding hydrogens is 378 g/mol. The van der Waals surface area contributed by atoms with Crippen molar-refractivity contribution in [2.75, 3.05) is 11.9 Å². The largest absolute Gasteiger partial charge is 0.356 e. The Bertz CT molecular complexity index is 1070. The number of carbonyl (C=O) groups is 2. The van der Waals surface area contributed by atoms with Crippen LogP contribution in [0.3, 0.4) is 0 Å². The predicted molar refractivity (Wildman–Crippen MR) is 115 cm³/mol. The molecule has 0 radical (unpaired) electrons. The second-order valence-corrected chi connectivity index (χ2v) is 7.31. The Morgan fingerprint density at radius 3 is 2.43 bits per heavy atom. The molecule has 0 unspecified atom stereocenters. The maximum Gasteiger partial charge on any atom is 0.257 e. The van der Waals surface area contributed by atoms with Crippen LogP contribution in [0.25, 0.3) is 11.1 Å². The summed E-state index contributed by atoms with van der Waals surface area (Å²) in [5.74, 6) is -0.142. The highest BCUT2D eigenvalue weighted by atomic mass is 16.5. The third-order valence-corrected chi connectivity index (χ3v) is 5.28. The van der Waals surface area contributed by atoms with Gasteiger partial charge in [0.25, 0.3) is 5.91 Å². The lowest BCUT2D eigenvalue weighted by molar-refractivity contribution is -0.145. The summed E-state index contributed by atoms with van der Waals surface area (Å²) < 4.78 is 5.61.